The number of sulfone groups is 1. The molecule has 3 aromatic rings. The van der Waals surface area contributed by atoms with Gasteiger partial charge >= 0.3 is 0 Å². The number of carbonyl (C=O) groups excluding carboxylic acids is 1. The summed E-state index contributed by atoms with van der Waals surface area (Å²) in [6, 6.07) is 13.2. The first-order valence-electron chi connectivity index (χ1n) is 10.0. The molecule has 0 bridgehead atoms. The number of hydrogen-bond acceptors (Lipinski definition) is 7. The molecule has 0 radical (unpaired) electrons. The van der Waals surface area contributed by atoms with Crippen molar-refractivity contribution in [1.29, 1.82) is 0 Å². The Morgan fingerprint density at radius 2 is 1.91 bits per heavy atom. The lowest BCUT2D eigenvalue weighted by atomic mass is 10.2. The molecule has 1 N–H and O–H groups in total. The lowest BCUT2D eigenvalue weighted by Crippen LogP contribution is -2.32. The van der Waals surface area contributed by atoms with E-state index in [0.717, 1.165) is 24.6 Å². The van der Waals surface area contributed by atoms with Crippen LogP contribution in [-0.2, 0) is 19.4 Å². The van der Waals surface area contributed by atoms with Crippen LogP contribution in [0, 0.1) is 5.82 Å². The van der Waals surface area contributed by atoms with E-state index in [0.29, 0.717) is 18.7 Å². The number of benzene rings is 2. The summed E-state index contributed by atoms with van der Waals surface area (Å²) < 4.78 is 50.9. The number of carbonyl (C=O) groups is 1. The first-order valence-corrected chi connectivity index (χ1v) is 12.5. The molecule has 10 heteroatoms. The first-order chi connectivity index (χ1) is 15.4. The van der Waals surface area contributed by atoms with Crippen LogP contribution in [0.3, 0.4) is 0 Å². The number of thioether (sulfide) groups is 1. The normalized spacial score (nSPS) is 16.2. The molecule has 1 atom stereocenters. The number of nitrogens with one attached hydrogen (secondary N) is 1. The van der Waals surface area contributed by atoms with Gasteiger partial charge in [-0.25, -0.2) is 12.8 Å². The zero-order valence-corrected chi connectivity index (χ0v) is 18.6. The minimum absolute atomic E-state index is 0.000412. The summed E-state index contributed by atoms with van der Waals surface area (Å²) in [6.07, 6.45) is 1.88. The lowest BCUT2D eigenvalue weighted by molar-refractivity contribution is -0.119. The summed E-state index contributed by atoms with van der Waals surface area (Å²) in [5.74, 6) is -0.729. The Hall–Kier alpha value is -2.69. The Morgan fingerprint density at radius 1 is 1.16 bits per heavy atom. The molecule has 1 fully saturated rings. The van der Waals surface area contributed by atoms with Crippen molar-refractivity contribution >= 4 is 27.5 Å². The van der Waals surface area contributed by atoms with Gasteiger partial charge in [0.2, 0.25) is 31.8 Å². The summed E-state index contributed by atoms with van der Waals surface area (Å²) in [4.78, 5) is 16.5. The molecular formula is C22H21FN2O5S2. The van der Waals surface area contributed by atoms with Crippen molar-refractivity contribution in [2.24, 2.45) is 0 Å². The van der Waals surface area contributed by atoms with Gasteiger partial charge in [-0.2, -0.15) is 4.98 Å². The van der Waals surface area contributed by atoms with Gasteiger partial charge in [-0.1, -0.05) is 30.0 Å². The fourth-order valence-electron chi connectivity index (χ4n) is 3.20. The summed E-state index contributed by atoms with van der Waals surface area (Å²) in [5.41, 5.74) is 0.422. The monoisotopic (exact) mass is 476 g/mol. The molecule has 168 valence electrons. The molecule has 0 saturated carbocycles. The van der Waals surface area contributed by atoms with Crippen molar-refractivity contribution in [3.05, 3.63) is 60.4 Å². The molecule has 1 saturated heterocycles. The van der Waals surface area contributed by atoms with Crippen LogP contribution >= 0.6 is 11.8 Å². The Balaban J connectivity index is 1.57. The lowest BCUT2D eigenvalue weighted by Gasteiger charge is -2.10. The predicted molar refractivity (Wildman–Crippen MR) is 116 cm³/mol. The van der Waals surface area contributed by atoms with Crippen molar-refractivity contribution in [2.45, 2.75) is 34.0 Å². The van der Waals surface area contributed by atoms with Gasteiger partial charge in [-0.3, -0.25) is 4.79 Å². The second-order valence-electron chi connectivity index (χ2n) is 7.16. The van der Waals surface area contributed by atoms with E-state index < -0.39 is 15.7 Å². The molecular weight excluding hydrogens is 455 g/mol. The fraction of sp³-hybridized carbons (Fsp3) is 0.273. The van der Waals surface area contributed by atoms with E-state index in [1.165, 1.54) is 36.4 Å². The smallest absolute Gasteiger partial charge is 0.230 e. The molecule has 1 aliphatic heterocycles. The molecule has 0 unspecified atom stereocenters. The minimum atomic E-state index is -3.99. The topological polar surface area (TPSA) is 98.5 Å². The van der Waals surface area contributed by atoms with Crippen LogP contribution in [0.25, 0.3) is 11.5 Å². The molecule has 32 heavy (non-hydrogen) atoms. The number of amides is 1. The maximum atomic E-state index is 13.3. The third-order valence-electron chi connectivity index (χ3n) is 4.85. The van der Waals surface area contributed by atoms with E-state index in [4.69, 9.17) is 9.15 Å². The standard InChI is InChI=1S/C22H21FN2O5S2/c23-16-10-8-15(9-11-16)20-25-21(32(27,28)18-6-2-1-3-7-18)22(30-20)31-14-19(26)24-13-17-5-4-12-29-17/h1-3,6-11,17H,4-5,12-14H2,(H,24,26)/t17-/m1/s1. The van der Waals surface area contributed by atoms with Crippen LogP contribution in [0.2, 0.25) is 0 Å². The Morgan fingerprint density at radius 3 is 2.59 bits per heavy atom. The van der Waals surface area contributed by atoms with E-state index in [9.17, 15) is 17.6 Å². The number of hydrogen-bond donors (Lipinski definition) is 1. The number of nitrogens with zero attached hydrogens (tertiary/aromatic N) is 1. The molecule has 2 aromatic carbocycles. The van der Waals surface area contributed by atoms with Crippen LogP contribution in [0.1, 0.15) is 12.8 Å². The molecule has 4 rings (SSSR count). The van der Waals surface area contributed by atoms with Crippen molar-refractivity contribution in [3.8, 4) is 11.5 Å². The third-order valence-corrected chi connectivity index (χ3v) is 7.60. The zero-order chi connectivity index (χ0) is 22.6. The second kappa shape index (κ2) is 9.85. The van der Waals surface area contributed by atoms with E-state index in [2.05, 4.69) is 10.3 Å². The molecule has 7 nitrogen and oxygen atoms in total. The van der Waals surface area contributed by atoms with Gasteiger partial charge in [-0.15, -0.1) is 0 Å². The number of ether oxygens (including phenoxy) is 1. The Bertz CT molecular complexity index is 1170. The quantitative estimate of drug-likeness (QED) is 0.495. The van der Waals surface area contributed by atoms with Gasteiger partial charge in [0.05, 0.1) is 16.8 Å². The van der Waals surface area contributed by atoms with Crippen LogP contribution in [0.4, 0.5) is 4.39 Å². The highest BCUT2D eigenvalue weighted by atomic mass is 32.2. The molecule has 2 heterocycles. The van der Waals surface area contributed by atoms with Gasteiger partial charge < -0.3 is 14.5 Å². The van der Waals surface area contributed by atoms with Crippen molar-refractivity contribution in [1.82, 2.24) is 10.3 Å². The summed E-state index contributed by atoms with van der Waals surface area (Å²) in [7, 11) is -3.99. The highest BCUT2D eigenvalue weighted by Gasteiger charge is 2.29. The minimum Gasteiger partial charge on any atom is -0.428 e. The summed E-state index contributed by atoms with van der Waals surface area (Å²) >= 11 is 0.943. The van der Waals surface area contributed by atoms with E-state index in [1.807, 2.05) is 0 Å². The van der Waals surface area contributed by atoms with Gasteiger partial charge in [-0.05, 0) is 49.2 Å². The van der Waals surface area contributed by atoms with Crippen LogP contribution < -0.4 is 5.32 Å². The zero-order valence-electron chi connectivity index (χ0n) is 17.0. The third kappa shape index (κ3) is 5.20. The molecule has 1 aliphatic rings. The SMILES string of the molecule is O=C(CSc1oc(-c2ccc(F)cc2)nc1S(=O)(=O)c1ccccc1)NC[C@H]1CCCO1. The summed E-state index contributed by atoms with van der Waals surface area (Å²) in [5, 5.41) is 2.51. The summed E-state index contributed by atoms with van der Waals surface area (Å²) in [6.45, 7) is 1.10. The largest absolute Gasteiger partial charge is 0.428 e. The van der Waals surface area contributed by atoms with Crippen molar-refractivity contribution < 1.29 is 26.8 Å². The average Bonchev–Trinajstić information content (AvgIpc) is 3.48. The van der Waals surface area contributed by atoms with Gasteiger partial charge in [0.15, 0.2) is 0 Å². The maximum absolute atomic E-state index is 13.3. The van der Waals surface area contributed by atoms with Crippen LogP contribution in [-0.4, -0.2) is 44.3 Å². The average molecular weight is 477 g/mol. The highest BCUT2D eigenvalue weighted by molar-refractivity contribution is 8.00. The molecule has 0 aliphatic carbocycles. The van der Waals surface area contributed by atoms with Crippen LogP contribution in [0.15, 0.2) is 74.0 Å². The van der Waals surface area contributed by atoms with Gasteiger partial charge in [0.1, 0.15) is 5.82 Å². The maximum Gasteiger partial charge on any atom is 0.230 e. The predicted octanol–water partition coefficient (Wildman–Crippen LogP) is 3.70. The second-order valence-corrected chi connectivity index (χ2v) is 9.98. The number of rotatable bonds is 8. The van der Waals surface area contributed by atoms with E-state index in [-0.39, 0.29) is 38.7 Å². The van der Waals surface area contributed by atoms with Crippen molar-refractivity contribution in [3.63, 3.8) is 0 Å². The first kappa shape index (κ1) is 22.5. The Kier molecular flexibility index (Phi) is 6.92. The fourth-order valence-corrected chi connectivity index (χ4v) is 5.58. The van der Waals surface area contributed by atoms with Gasteiger partial charge in [0.25, 0.3) is 0 Å². The van der Waals surface area contributed by atoms with Crippen LogP contribution in [0.5, 0.6) is 0 Å². The Labute approximate surface area is 189 Å². The highest BCUT2D eigenvalue weighted by Crippen LogP contribution is 2.34. The molecule has 0 spiro atoms. The number of aromatic nitrogens is 1. The molecule has 1 aromatic heterocycles. The van der Waals surface area contributed by atoms with E-state index >= 15 is 0 Å². The number of oxazole rings is 1. The number of halogens is 1. The van der Waals surface area contributed by atoms with Crippen molar-refractivity contribution in [2.75, 3.05) is 18.9 Å². The van der Waals surface area contributed by atoms with Gasteiger partial charge in [0, 0.05) is 18.7 Å². The van der Waals surface area contributed by atoms with E-state index in [1.54, 1.807) is 18.2 Å². The molecule has 1 amide bonds.